The van der Waals surface area contributed by atoms with Crippen LogP contribution in [0.1, 0.15) is 5.56 Å². The van der Waals surface area contributed by atoms with Gasteiger partial charge in [-0.05, 0) is 41.6 Å². The standard InChI is InChI=1S/C32H20BN3/c1-20-9-7-11-24-22-10-3-5-15-28(22)36(31(20)24)33-26-13-4-6-16-29(26)35-30-19-21(34-2)17-18-23(30)25-12-8-14-27(33)32(25)35/h3-19H,1H3. The SMILES string of the molecule is [C-]#[N+]c1ccc2c3cccc4c3n(c2c1)-c1ccccc1B4n1c2ccccc2c2cccc(C)c21. The van der Waals surface area contributed by atoms with Crippen LogP contribution < -0.4 is 10.9 Å². The lowest BCUT2D eigenvalue weighted by atomic mass is 9.48. The highest BCUT2D eigenvalue weighted by atomic mass is 15.0. The number of aryl methyl sites for hydroxylation is 1. The van der Waals surface area contributed by atoms with E-state index >= 15 is 0 Å². The van der Waals surface area contributed by atoms with Gasteiger partial charge in [-0.25, -0.2) is 4.85 Å². The maximum Gasteiger partial charge on any atom is 0.332 e. The molecule has 166 valence electrons. The minimum atomic E-state index is 0.0329. The summed E-state index contributed by atoms with van der Waals surface area (Å²) in [6, 6.07) is 36.9. The summed E-state index contributed by atoms with van der Waals surface area (Å²) in [5, 5.41) is 5.00. The van der Waals surface area contributed by atoms with Gasteiger partial charge in [0, 0.05) is 43.8 Å². The van der Waals surface area contributed by atoms with Crippen LogP contribution in [0, 0.1) is 13.5 Å². The second kappa shape index (κ2) is 6.90. The highest BCUT2D eigenvalue weighted by Gasteiger charge is 2.36. The van der Waals surface area contributed by atoms with Crippen LogP contribution in [0.15, 0.2) is 103 Å². The highest BCUT2D eigenvalue weighted by molar-refractivity contribution is 6.88. The molecule has 0 aliphatic carbocycles. The Balaban J connectivity index is 1.61. The number of fused-ring (bicyclic) bond motifs is 8. The Morgan fingerprint density at radius 2 is 1.33 bits per heavy atom. The molecule has 7 aromatic rings. The molecule has 1 aliphatic heterocycles. The Kier molecular flexibility index (Phi) is 3.75. The van der Waals surface area contributed by atoms with E-state index in [1.807, 2.05) is 12.1 Å². The molecule has 5 aromatic carbocycles. The molecule has 0 saturated carbocycles. The molecule has 0 saturated heterocycles. The van der Waals surface area contributed by atoms with Crippen molar-refractivity contribution in [1.82, 2.24) is 9.05 Å². The molecule has 0 atom stereocenters. The minimum Gasteiger partial charge on any atom is -0.376 e. The van der Waals surface area contributed by atoms with Crippen molar-refractivity contribution in [3.8, 4) is 5.69 Å². The van der Waals surface area contributed by atoms with E-state index in [-0.39, 0.29) is 6.85 Å². The van der Waals surface area contributed by atoms with Crippen LogP contribution in [0.25, 0.3) is 54.1 Å². The molecule has 36 heavy (non-hydrogen) atoms. The molecule has 0 bridgehead atoms. The van der Waals surface area contributed by atoms with Gasteiger partial charge in [0.15, 0.2) is 5.69 Å². The van der Waals surface area contributed by atoms with E-state index in [0.29, 0.717) is 5.69 Å². The molecular weight excluding hydrogens is 437 g/mol. The largest absolute Gasteiger partial charge is 0.376 e. The van der Waals surface area contributed by atoms with Crippen LogP contribution in [0.3, 0.4) is 0 Å². The number of hydrogen-bond donors (Lipinski definition) is 0. The molecule has 0 radical (unpaired) electrons. The third-order valence-electron chi connectivity index (χ3n) is 7.89. The first kappa shape index (κ1) is 19.5. The molecule has 2 aromatic heterocycles. The maximum absolute atomic E-state index is 7.59. The number of benzene rings is 5. The molecule has 0 spiro atoms. The van der Waals surface area contributed by atoms with Crippen molar-refractivity contribution in [2.75, 3.05) is 0 Å². The first-order chi connectivity index (χ1) is 17.8. The van der Waals surface area contributed by atoms with Gasteiger partial charge in [0.05, 0.1) is 12.1 Å². The van der Waals surface area contributed by atoms with Gasteiger partial charge < -0.3 is 9.05 Å². The number of para-hydroxylation sites is 4. The van der Waals surface area contributed by atoms with Gasteiger partial charge in [-0.15, -0.1) is 0 Å². The first-order valence-electron chi connectivity index (χ1n) is 12.3. The van der Waals surface area contributed by atoms with Crippen LogP contribution in [0.5, 0.6) is 0 Å². The lowest BCUT2D eigenvalue weighted by Crippen LogP contribution is -2.53. The zero-order valence-corrected chi connectivity index (χ0v) is 19.7. The normalized spacial score (nSPS) is 12.5. The molecule has 0 amide bonds. The van der Waals surface area contributed by atoms with E-state index in [1.165, 1.54) is 60.3 Å². The quantitative estimate of drug-likeness (QED) is 0.192. The van der Waals surface area contributed by atoms with Crippen LogP contribution in [-0.2, 0) is 0 Å². The van der Waals surface area contributed by atoms with E-state index in [1.54, 1.807) is 0 Å². The van der Waals surface area contributed by atoms with E-state index in [2.05, 4.69) is 112 Å². The summed E-state index contributed by atoms with van der Waals surface area (Å²) in [5.74, 6) is 0. The summed E-state index contributed by atoms with van der Waals surface area (Å²) >= 11 is 0. The summed E-state index contributed by atoms with van der Waals surface area (Å²) in [6.45, 7) is 9.85. The Labute approximate surface area is 208 Å². The Morgan fingerprint density at radius 1 is 0.639 bits per heavy atom. The monoisotopic (exact) mass is 457 g/mol. The van der Waals surface area contributed by atoms with Crippen molar-refractivity contribution in [3.63, 3.8) is 0 Å². The van der Waals surface area contributed by atoms with Crippen molar-refractivity contribution >= 4 is 67.1 Å². The second-order valence-electron chi connectivity index (χ2n) is 9.71. The first-order valence-corrected chi connectivity index (χ1v) is 12.3. The summed E-state index contributed by atoms with van der Waals surface area (Å²) in [4.78, 5) is 3.73. The van der Waals surface area contributed by atoms with Crippen molar-refractivity contribution in [2.45, 2.75) is 6.92 Å². The average Bonchev–Trinajstić information content (AvgIpc) is 3.44. The summed E-state index contributed by atoms with van der Waals surface area (Å²) in [7, 11) is 0. The van der Waals surface area contributed by atoms with Gasteiger partial charge in [-0.3, -0.25) is 0 Å². The molecule has 0 unspecified atom stereocenters. The van der Waals surface area contributed by atoms with Crippen molar-refractivity contribution in [2.24, 2.45) is 0 Å². The summed E-state index contributed by atoms with van der Waals surface area (Å²) < 4.78 is 4.93. The van der Waals surface area contributed by atoms with Crippen molar-refractivity contribution in [3.05, 3.63) is 120 Å². The van der Waals surface area contributed by atoms with Gasteiger partial charge >= 0.3 is 6.85 Å². The fourth-order valence-corrected chi connectivity index (χ4v) is 6.49. The van der Waals surface area contributed by atoms with Crippen LogP contribution >= 0.6 is 0 Å². The number of aromatic nitrogens is 2. The van der Waals surface area contributed by atoms with Crippen molar-refractivity contribution in [1.29, 1.82) is 0 Å². The zero-order valence-electron chi connectivity index (χ0n) is 19.7. The van der Waals surface area contributed by atoms with Gasteiger partial charge in [0.25, 0.3) is 0 Å². The van der Waals surface area contributed by atoms with Crippen LogP contribution in [0.4, 0.5) is 5.69 Å². The van der Waals surface area contributed by atoms with Crippen LogP contribution in [0.2, 0.25) is 0 Å². The molecule has 0 N–H and O–H groups in total. The smallest absolute Gasteiger partial charge is 0.332 e. The fraction of sp³-hybridized carbons (Fsp3) is 0.0312. The Hall–Kier alpha value is -4.75. The molecule has 0 fully saturated rings. The van der Waals surface area contributed by atoms with Gasteiger partial charge in [0.2, 0.25) is 0 Å². The second-order valence-corrected chi connectivity index (χ2v) is 9.71. The minimum absolute atomic E-state index is 0.0329. The Morgan fingerprint density at radius 3 is 2.22 bits per heavy atom. The van der Waals surface area contributed by atoms with Crippen molar-refractivity contribution < 1.29 is 0 Å². The predicted molar refractivity (Wildman–Crippen MR) is 152 cm³/mol. The van der Waals surface area contributed by atoms with Gasteiger partial charge in [-0.1, -0.05) is 84.9 Å². The predicted octanol–water partition coefficient (Wildman–Crippen LogP) is 6.72. The van der Waals surface area contributed by atoms with E-state index in [9.17, 15) is 0 Å². The summed E-state index contributed by atoms with van der Waals surface area (Å²) in [5.41, 5.74) is 10.6. The highest BCUT2D eigenvalue weighted by Crippen LogP contribution is 2.37. The molecule has 8 rings (SSSR count). The third-order valence-corrected chi connectivity index (χ3v) is 7.89. The molecular formula is C32H20BN3. The lowest BCUT2D eigenvalue weighted by molar-refractivity contribution is 1.18. The van der Waals surface area contributed by atoms with E-state index in [4.69, 9.17) is 6.57 Å². The van der Waals surface area contributed by atoms with Gasteiger partial charge in [-0.2, -0.15) is 0 Å². The van der Waals surface area contributed by atoms with Crippen LogP contribution in [-0.4, -0.2) is 15.9 Å². The number of nitrogens with zero attached hydrogens (tertiary/aromatic N) is 3. The zero-order chi connectivity index (χ0) is 24.0. The average molecular weight is 457 g/mol. The fourth-order valence-electron chi connectivity index (χ4n) is 6.49. The van der Waals surface area contributed by atoms with Gasteiger partial charge in [0.1, 0.15) is 0 Å². The lowest BCUT2D eigenvalue weighted by Gasteiger charge is -2.28. The van der Waals surface area contributed by atoms with E-state index < -0.39 is 0 Å². The maximum atomic E-state index is 7.59. The third kappa shape index (κ3) is 2.32. The number of rotatable bonds is 1. The topological polar surface area (TPSA) is 14.2 Å². The van der Waals surface area contributed by atoms with E-state index in [0.717, 1.165) is 5.52 Å². The molecule has 3 heterocycles. The number of hydrogen-bond acceptors (Lipinski definition) is 0. The summed E-state index contributed by atoms with van der Waals surface area (Å²) in [6.07, 6.45) is 0. The molecule has 3 nitrogen and oxygen atoms in total. The molecule has 1 aliphatic rings. The Bertz CT molecular complexity index is 2090. The molecule has 4 heteroatoms.